The third-order valence-electron chi connectivity index (χ3n) is 1.89. The molecule has 4 nitrogen and oxygen atoms in total. The topological polar surface area (TPSA) is 56.7 Å². The van der Waals surface area contributed by atoms with Gasteiger partial charge in [0.15, 0.2) is 5.82 Å². The summed E-state index contributed by atoms with van der Waals surface area (Å²) in [6.45, 7) is 7.35. The van der Waals surface area contributed by atoms with Crippen LogP contribution in [0.15, 0.2) is 0 Å². The van der Waals surface area contributed by atoms with Gasteiger partial charge in [0.1, 0.15) is 0 Å². The Labute approximate surface area is 79.1 Å². The minimum Gasteiger partial charge on any atom is -0.381 e. The van der Waals surface area contributed by atoms with Crippen molar-refractivity contribution < 1.29 is 0 Å². The molecule has 4 heteroatoms. The molecule has 0 unspecified atom stereocenters. The van der Waals surface area contributed by atoms with E-state index in [9.17, 15) is 0 Å². The van der Waals surface area contributed by atoms with Crippen LogP contribution in [0.25, 0.3) is 0 Å². The van der Waals surface area contributed by atoms with Crippen molar-refractivity contribution >= 4 is 5.82 Å². The van der Waals surface area contributed by atoms with Gasteiger partial charge in [0.2, 0.25) is 0 Å². The van der Waals surface area contributed by atoms with Crippen LogP contribution in [-0.4, -0.2) is 15.0 Å². The van der Waals surface area contributed by atoms with Gasteiger partial charge in [-0.25, -0.2) is 4.68 Å². The number of nitrogens with two attached hydrogens (primary N) is 1. The van der Waals surface area contributed by atoms with E-state index in [2.05, 4.69) is 31.1 Å². The maximum absolute atomic E-state index is 5.71. The van der Waals surface area contributed by atoms with Crippen LogP contribution in [0.3, 0.4) is 0 Å². The van der Waals surface area contributed by atoms with Crippen LogP contribution in [0.5, 0.6) is 0 Å². The van der Waals surface area contributed by atoms with Crippen molar-refractivity contribution in [1.82, 2.24) is 15.0 Å². The highest BCUT2D eigenvalue weighted by Crippen LogP contribution is 2.11. The lowest BCUT2D eigenvalue weighted by Crippen LogP contribution is -2.10. The van der Waals surface area contributed by atoms with E-state index < -0.39 is 0 Å². The monoisotopic (exact) mass is 182 g/mol. The number of aromatic nitrogens is 3. The number of anilines is 1. The molecule has 0 spiro atoms. The van der Waals surface area contributed by atoms with Gasteiger partial charge in [-0.15, -0.1) is 5.10 Å². The molecule has 74 valence electrons. The molecule has 1 heterocycles. The second kappa shape index (κ2) is 4.25. The fourth-order valence-corrected chi connectivity index (χ4v) is 1.33. The average Bonchev–Trinajstić information content (AvgIpc) is 2.35. The summed E-state index contributed by atoms with van der Waals surface area (Å²) in [5.74, 6) is 1.17. The first-order valence-electron chi connectivity index (χ1n) is 4.83. The first-order valence-corrected chi connectivity index (χ1v) is 4.83. The maximum atomic E-state index is 5.71. The Bertz CT molecular complexity index is 265. The van der Waals surface area contributed by atoms with Crippen LogP contribution < -0.4 is 5.73 Å². The molecule has 0 radical (unpaired) electrons. The van der Waals surface area contributed by atoms with Crippen molar-refractivity contribution in [2.24, 2.45) is 5.92 Å². The van der Waals surface area contributed by atoms with Crippen molar-refractivity contribution in [1.29, 1.82) is 0 Å². The summed E-state index contributed by atoms with van der Waals surface area (Å²) in [5.41, 5.74) is 6.79. The van der Waals surface area contributed by atoms with Crippen molar-refractivity contribution in [2.45, 2.75) is 40.2 Å². The molecule has 0 fully saturated rings. The van der Waals surface area contributed by atoms with Gasteiger partial charge in [-0.3, -0.25) is 0 Å². The van der Waals surface area contributed by atoms with E-state index in [-0.39, 0.29) is 0 Å². The smallest absolute Gasteiger partial charge is 0.169 e. The first kappa shape index (κ1) is 10.0. The molecule has 0 aromatic carbocycles. The fraction of sp³-hybridized carbons (Fsp3) is 0.778. The van der Waals surface area contributed by atoms with Gasteiger partial charge < -0.3 is 5.73 Å². The van der Waals surface area contributed by atoms with E-state index >= 15 is 0 Å². The van der Waals surface area contributed by atoms with Crippen LogP contribution in [0.2, 0.25) is 0 Å². The summed E-state index contributed by atoms with van der Waals surface area (Å²) in [6, 6.07) is 0. The lowest BCUT2D eigenvalue weighted by Gasteiger charge is -2.07. The van der Waals surface area contributed by atoms with Crippen molar-refractivity contribution in [2.75, 3.05) is 5.73 Å². The van der Waals surface area contributed by atoms with E-state index in [0.29, 0.717) is 11.7 Å². The minimum absolute atomic E-state index is 0.580. The second-order valence-corrected chi connectivity index (χ2v) is 3.75. The number of hydrogen-bond acceptors (Lipinski definition) is 3. The summed E-state index contributed by atoms with van der Waals surface area (Å²) < 4.78 is 1.92. The average molecular weight is 182 g/mol. The molecule has 0 saturated heterocycles. The molecule has 0 saturated carbocycles. The molecule has 0 atom stereocenters. The van der Waals surface area contributed by atoms with Crippen molar-refractivity contribution in [3.05, 3.63) is 5.69 Å². The molecule has 1 aromatic rings. The highest BCUT2D eigenvalue weighted by atomic mass is 15.4. The highest BCUT2D eigenvalue weighted by Gasteiger charge is 2.09. The van der Waals surface area contributed by atoms with E-state index in [1.54, 1.807) is 0 Å². The number of hydrogen-bond donors (Lipinski definition) is 1. The predicted octanol–water partition coefficient (Wildman–Crippen LogP) is 1.47. The summed E-state index contributed by atoms with van der Waals surface area (Å²) >= 11 is 0. The normalized spacial score (nSPS) is 11.1. The maximum Gasteiger partial charge on any atom is 0.169 e. The largest absolute Gasteiger partial charge is 0.381 e. The predicted molar refractivity (Wildman–Crippen MR) is 53.3 cm³/mol. The van der Waals surface area contributed by atoms with Crippen molar-refractivity contribution in [3.63, 3.8) is 0 Å². The van der Waals surface area contributed by atoms with E-state index in [0.717, 1.165) is 25.1 Å². The minimum atomic E-state index is 0.580. The zero-order chi connectivity index (χ0) is 9.84. The van der Waals surface area contributed by atoms with Crippen LogP contribution in [0.4, 0.5) is 5.82 Å². The van der Waals surface area contributed by atoms with Gasteiger partial charge in [0, 0.05) is 6.54 Å². The van der Waals surface area contributed by atoms with Gasteiger partial charge >= 0.3 is 0 Å². The Kier molecular flexibility index (Phi) is 3.28. The molecular weight excluding hydrogens is 164 g/mol. The Balaban J connectivity index is 2.80. The van der Waals surface area contributed by atoms with Crippen LogP contribution >= 0.6 is 0 Å². The molecule has 1 rings (SSSR count). The van der Waals surface area contributed by atoms with Crippen LogP contribution in [0, 0.1) is 5.92 Å². The number of rotatable bonds is 4. The first-order chi connectivity index (χ1) is 6.15. The van der Waals surface area contributed by atoms with Gasteiger partial charge in [-0.1, -0.05) is 32.4 Å². The molecule has 0 aliphatic heterocycles. The third kappa shape index (κ3) is 2.44. The Morgan fingerprint density at radius 2 is 2.15 bits per heavy atom. The molecule has 1 aromatic heterocycles. The molecule has 0 aliphatic carbocycles. The highest BCUT2D eigenvalue weighted by molar-refractivity contribution is 5.32. The number of nitrogens with zero attached hydrogens (tertiary/aromatic N) is 3. The summed E-state index contributed by atoms with van der Waals surface area (Å²) in [5, 5.41) is 7.90. The molecule has 0 bridgehead atoms. The third-order valence-corrected chi connectivity index (χ3v) is 1.89. The van der Waals surface area contributed by atoms with Gasteiger partial charge in [-0.05, 0) is 12.3 Å². The summed E-state index contributed by atoms with van der Waals surface area (Å²) in [6.07, 6.45) is 2.04. The van der Waals surface area contributed by atoms with Crippen LogP contribution in [0.1, 0.15) is 32.9 Å². The van der Waals surface area contributed by atoms with Gasteiger partial charge in [0.05, 0.1) is 5.69 Å². The van der Waals surface area contributed by atoms with E-state index in [1.807, 2.05) is 4.68 Å². The lowest BCUT2D eigenvalue weighted by atomic mass is 10.2. The summed E-state index contributed by atoms with van der Waals surface area (Å²) in [4.78, 5) is 0. The fourth-order valence-electron chi connectivity index (χ4n) is 1.33. The molecule has 0 amide bonds. The van der Waals surface area contributed by atoms with Crippen molar-refractivity contribution in [3.8, 4) is 0 Å². The Hall–Kier alpha value is -1.06. The van der Waals surface area contributed by atoms with Crippen LogP contribution in [-0.2, 0) is 13.0 Å². The van der Waals surface area contributed by atoms with E-state index in [4.69, 9.17) is 5.73 Å². The zero-order valence-electron chi connectivity index (χ0n) is 8.62. The second-order valence-electron chi connectivity index (χ2n) is 3.75. The molecule has 0 aliphatic rings. The number of nitrogen functional groups attached to an aromatic ring is 1. The summed E-state index contributed by atoms with van der Waals surface area (Å²) in [7, 11) is 0. The standard InChI is InChI=1S/C9H18N4/c1-4-5-8-9(10)11-12-13(8)6-7(2)3/h7H,4-6,10H2,1-3H3. The molecule has 13 heavy (non-hydrogen) atoms. The lowest BCUT2D eigenvalue weighted by molar-refractivity contribution is 0.457. The Morgan fingerprint density at radius 3 is 2.69 bits per heavy atom. The van der Waals surface area contributed by atoms with Gasteiger partial charge in [-0.2, -0.15) is 0 Å². The van der Waals surface area contributed by atoms with Gasteiger partial charge in [0.25, 0.3) is 0 Å². The Morgan fingerprint density at radius 1 is 1.46 bits per heavy atom. The SMILES string of the molecule is CCCc1c(N)nnn1CC(C)C. The molecular formula is C9H18N4. The zero-order valence-corrected chi connectivity index (χ0v) is 8.62. The quantitative estimate of drug-likeness (QED) is 0.767. The van der Waals surface area contributed by atoms with E-state index in [1.165, 1.54) is 0 Å². The molecule has 2 N–H and O–H groups in total.